The van der Waals surface area contributed by atoms with Crippen LogP contribution in [-0.2, 0) is 28.2 Å². The van der Waals surface area contributed by atoms with Crippen LogP contribution in [0.2, 0.25) is 0 Å². The van der Waals surface area contributed by atoms with Crippen LogP contribution in [0, 0.1) is 17.0 Å². The fraction of sp³-hybridized carbons (Fsp3) is 0.179. The Labute approximate surface area is 289 Å². The van der Waals surface area contributed by atoms with Crippen LogP contribution in [0.5, 0.6) is 17.2 Å². The van der Waals surface area contributed by atoms with Crippen LogP contribution in [0.4, 0.5) is 5.69 Å². The summed E-state index contributed by atoms with van der Waals surface area (Å²) in [5.41, 5.74) is 3.09. The van der Waals surface area contributed by atoms with Crippen LogP contribution in [0.3, 0.4) is 0 Å². The number of phenolic OH excluding ortho intramolecular Hbond substituents is 3. The first-order chi connectivity index (χ1) is 24.1. The van der Waals surface area contributed by atoms with E-state index in [9.17, 15) is 35.0 Å². The molecule has 0 bridgehead atoms. The molecule has 0 saturated carbocycles. The number of carbonyl (C=O) groups is 2. The number of nitrogens with one attached hydrogen (secondary N) is 3. The van der Waals surface area contributed by atoms with Crippen LogP contribution in [0.25, 0.3) is 0 Å². The van der Waals surface area contributed by atoms with Crippen molar-refractivity contribution in [3.63, 3.8) is 0 Å². The maximum Gasteiger partial charge on any atom is 0.311 e. The molecule has 1 atom stereocenters. The van der Waals surface area contributed by atoms with Gasteiger partial charge in [-0.25, -0.2) is 0 Å². The molecule has 0 aromatic heterocycles. The molecule has 0 heterocycles. The zero-order valence-electron chi connectivity index (χ0n) is 27.4. The molecule has 256 valence electrons. The van der Waals surface area contributed by atoms with Gasteiger partial charge in [0.25, 0.3) is 0 Å². The van der Waals surface area contributed by atoms with E-state index in [1.165, 1.54) is 30.3 Å². The number of nitro groups is 1. The van der Waals surface area contributed by atoms with Gasteiger partial charge in [0.1, 0.15) is 5.54 Å². The molecule has 0 unspecified atom stereocenters. The molecule has 0 spiro atoms. The Kier molecular flexibility index (Phi) is 11.1. The fourth-order valence-electron chi connectivity index (χ4n) is 5.83. The second kappa shape index (κ2) is 15.8. The number of phenols is 3. The van der Waals surface area contributed by atoms with E-state index in [0.29, 0.717) is 11.1 Å². The Morgan fingerprint density at radius 2 is 1.28 bits per heavy atom. The first-order valence-corrected chi connectivity index (χ1v) is 16.0. The maximum atomic E-state index is 14.0. The standard InChI is InChI=1S/C39H38N4O7/c1-26-12-16-31(17-13-26)39(29-8-4-2-5-9-29,30-10-6-3-7-11-30)42-37(47)21-18-32(38(48)41-25-28-15-20-35(45)36(46)23-28)40-24-27-14-19-34(44)33(22-27)43(49)50/h2-17,19-20,22-23,32,40,44-46H,18,21,24-25H2,1H3,(H,41,48)(H,42,47)/t32-/m0/s1. The largest absolute Gasteiger partial charge is 0.504 e. The Hall–Kier alpha value is -6.20. The van der Waals surface area contributed by atoms with Crippen molar-refractivity contribution < 1.29 is 29.8 Å². The second-order valence-corrected chi connectivity index (χ2v) is 12.0. The van der Waals surface area contributed by atoms with Crippen molar-refractivity contribution in [2.45, 2.75) is 44.4 Å². The zero-order valence-corrected chi connectivity index (χ0v) is 27.4. The molecule has 0 saturated heterocycles. The number of benzene rings is 5. The van der Waals surface area contributed by atoms with E-state index in [4.69, 9.17) is 0 Å². The predicted octanol–water partition coefficient (Wildman–Crippen LogP) is 5.68. The summed E-state index contributed by atoms with van der Waals surface area (Å²) in [6.07, 6.45) is 0.000314. The Morgan fingerprint density at radius 1 is 0.720 bits per heavy atom. The van der Waals surface area contributed by atoms with Gasteiger partial charge in [0.2, 0.25) is 11.8 Å². The fourth-order valence-corrected chi connectivity index (χ4v) is 5.83. The summed E-state index contributed by atoms with van der Waals surface area (Å²) in [7, 11) is 0. The van der Waals surface area contributed by atoms with Gasteiger partial charge >= 0.3 is 5.69 Å². The van der Waals surface area contributed by atoms with Crippen molar-refractivity contribution in [3.8, 4) is 17.2 Å². The van der Waals surface area contributed by atoms with Gasteiger partial charge in [-0.05, 0) is 59.4 Å². The van der Waals surface area contributed by atoms with Gasteiger partial charge in [-0.2, -0.15) is 0 Å². The highest BCUT2D eigenvalue weighted by Gasteiger charge is 2.38. The van der Waals surface area contributed by atoms with E-state index in [0.717, 1.165) is 22.3 Å². The van der Waals surface area contributed by atoms with Crippen LogP contribution < -0.4 is 16.0 Å². The number of amides is 2. The first kappa shape index (κ1) is 35.1. The van der Waals surface area contributed by atoms with Gasteiger partial charge in [0, 0.05) is 25.6 Å². The van der Waals surface area contributed by atoms with Gasteiger partial charge in [-0.15, -0.1) is 0 Å². The second-order valence-electron chi connectivity index (χ2n) is 12.0. The molecule has 0 aliphatic heterocycles. The van der Waals surface area contributed by atoms with Crippen molar-refractivity contribution in [3.05, 3.63) is 165 Å². The highest BCUT2D eigenvalue weighted by atomic mass is 16.6. The molecule has 11 nitrogen and oxygen atoms in total. The van der Waals surface area contributed by atoms with Crippen molar-refractivity contribution in [2.75, 3.05) is 0 Å². The van der Waals surface area contributed by atoms with E-state index in [1.54, 1.807) is 6.07 Å². The normalized spacial score (nSPS) is 11.8. The quantitative estimate of drug-likeness (QED) is 0.0378. The lowest BCUT2D eigenvalue weighted by Gasteiger charge is -2.37. The topological polar surface area (TPSA) is 174 Å². The lowest BCUT2D eigenvalue weighted by molar-refractivity contribution is -0.385. The number of aryl methyl sites for hydroxylation is 1. The summed E-state index contributed by atoms with van der Waals surface area (Å²) in [6.45, 7) is 2.05. The van der Waals surface area contributed by atoms with E-state index >= 15 is 0 Å². The van der Waals surface area contributed by atoms with Crippen LogP contribution >= 0.6 is 0 Å². The third-order valence-corrected chi connectivity index (χ3v) is 8.50. The number of hydrogen-bond acceptors (Lipinski definition) is 8. The third kappa shape index (κ3) is 8.26. The highest BCUT2D eigenvalue weighted by Crippen LogP contribution is 2.37. The summed E-state index contributed by atoms with van der Waals surface area (Å²) in [5, 5.41) is 50.0. The van der Waals surface area contributed by atoms with Gasteiger partial charge in [0.15, 0.2) is 17.2 Å². The van der Waals surface area contributed by atoms with E-state index in [2.05, 4.69) is 16.0 Å². The van der Waals surface area contributed by atoms with Crippen LogP contribution in [0.15, 0.2) is 121 Å². The molecule has 0 aliphatic carbocycles. The Morgan fingerprint density at radius 3 is 1.86 bits per heavy atom. The average molecular weight is 675 g/mol. The molecule has 0 fully saturated rings. The SMILES string of the molecule is Cc1ccc(C(NC(=O)CC[C@H](NCc2ccc(O)c([N+](=O)[O-])c2)C(=O)NCc2ccc(O)c(O)c2)(c2ccccc2)c2ccccc2)cc1. The summed E-state index contributed by atoms with van der Waals surface area (Å²) in [4.78, 5) is 38.3. The zero-order chi connectivity index (χ0) is 35.7. The minimum Gasteiger partial charge on any atom is -0.504 e. The number of carbonyl (C=O) groups excluding carboxylic acids is 2. The molecule has 0 radical (unpaired) electrons. The van der Waals surface area contributed by atoms with Crippen molar-refractivity contribution in [2.24, 2.45) is 0 Å². The molecule has 6 N–H and O–H groups in total. The summed E-state index contributed by atoms with van der Waals surface area (Å²) in [6, 6.07) is 34.5. The summed E-state index contributed by atoms with van der Waals surface area (Å²) >= 11 is 0. The molecular weight excluding hydrogens is 636 g/mol. The Bertz CT molecular complexity index is 1910. The lowest BCUT2D eigenvalue weighted by Crippen LogP contribution is -2.49. The van der Waals surface area contributed by atoms with Gasteiger partial charge in [-0.1, -0.05) is 103 Å². The molecule has 5 rings (SSSR count). The number of nitro benzene ring substituents is 1. The predicted molar refractivity (Wildman–Crippen MR) is 188 cm³/mol. The molecule has 5 aromatic rings. The summed E-state index contributed by atoms with van der Waals surface area (Å²) < 4.78 is 0. The molecule has 2 amide bonds. The molecule has 50 heavy (non-hydrogen) atoms. The van der Waals surface area contributed by atoms with E-state index in [1.807, 2.05) is 91.9 Å². The van der Waals surface area contributed by atoms with Gasteiger partial charge in [0.05, 0.1) is 11.0 Å². The first-order valence-electron chi connectivity index (χ1n) is 16.0. The molecule has 5 aromatic carbocycles. The average Bonchev–Trinajstić information content (AvgIpc) is 3.12. The number of rotatable bonds is 14. The smallest absolute Gasteiger partial charge is 0.311 e. The van der Waals surface area contributed by atoms with Crippen molar-refractivity contribution in [1.82, 2.24) is 16.0 Å². The third-order valence-electron chi connectivity index (χ3n) is 8.50. The van der Waals surface area contributed by atoms with Crippen LogP contribution in [-0.4, -0.2) is 38.1 Å². The van der Waals surface area contributed by atoms with Crippen molar-refractivity contribution >= 4 is 17.5 Å². The lowest BCUT2D eigenvalue weighted by atomic mass is 9.76. The highest BCUT2D eigenvalue weighted by molar-refractivity contribution is 5.84. The minimum absolute atomic E-state index is 0.0281. The maximum absolute atomic E-state index is 14.0. The minimum atomic E-state index is -1.05. The number of aromatic hydroxyl groups is 3. The van der Waals surface area contributed by atoms with E-state index < -0.39 is 33.8 Å². The van der Waals surface area contributed by atoms with Crippen molar-refractivity contribution in [1.29, 1.82) is 0 Å². The molecular formula is C39H38N4O7. The van der Waals surface area contributed by atoms with Gasteiger partial charge in [-0.3, -0.25) is 19.7 Å². The number of hydrogen-bond donors (Lipinski definition) is 6. The summed E-state index contributed by atoms with van der Waals surface area (Å²) in [5.74, 6) is -1.86. The monoisotopic (exact) mass is 674 g/mol. The van der Waals surface area contributed by atoms with Gasteiger partial charge < -0.3 is 31.3 Å². The Balaban J connectivity index is 1.40. The van der Waals surface area contributed by atoms with E-state index in [-0.39, 0.29) is 43.3 Å². The molecule has 0 aliphatic rings. The van der Waals surface area contributed by atoms with Crippen LogP contribution in [0.1, 0.15) is 46.2 Å². The molecule has 11 heteroatoms. The number of nitrogens with zero attached hydrogens (tertiary/aromatic N) is 1.